The molecule has 1 aromatic carbocycles. The van der Waals surface area contributed by atoms with Gasteiger partial charge in [-0.05, 0) is 28.1 Å². The van der Waals surface area contributed by atoms with Gasteiger partial charge in [0.25, 0.3) is 0 Å². The molecule has 0 radical (unpaired) electrons. The summed E-state index contributed by atoms with van der Waals surface area (Å²) in [6.45, 7) is 0. The van der Waals surface area contributed by atoms with E-state index in [2.05, 4.69) is 31.1 Å². The lowest BCUT2D eigenvalue weighted by Crippen LogP contribution is -1.90. The number of halogens is 1. The minimum absolute atomic E-state index is 0.628. The highest BCUT2D eigenvalue weighted by Crippen LogP contribution is 2.33. The Bertz CT molecular complexity index is 428. The van der Waals surface area contributed by atoms with E-state index in [4.69, 9.17) is 4.74 Å². The minimum Gasteiger partial charge on any atom is -0.495 e. The van der Waals surface area contributed by atoms with Gasteiger partial charge in [0.05, 0.1) is 17.1 Å². The highest BCUT2D eigenvalue weighted by Gasteiger charge is 2.11. The molecule has 0 aliphatic rings. The topological polar surface area (TPSA) is 50.8 Å². The van der Waals surface area contributed by atoms with Crippen LogP contribution in [0.3, 0.4) is 0 Å². The Morgan fingerprint density at radius 1 is 1.43 bits per heavy atom. The lowest BCUT2D eigenvalue weighted by Gasteiger charge is -2.06. The quantitative estimate of drug-likeness (QED) is 0.894. The monoisotopic (exact) mass is 253 g/mol. The van der Waals surface area contributed by atoms with Crippen LogP contribution in [0.2, 0.25) is 0 Å². The summed E-state index contributed by atoms with van der Waals surface area (Å²) in [6.07, 6.45) is 1.54. The van der Waals surface area contributed by atoms with E-state index >= 15 is 0 Å². The van der Waals surface area contributed by atoms with Crippen LogP contribution in [0.1, 0.15) is 0 Å². The number of hydrogen-bond acceptors (Lipinski definition) is 3. The number of nitrogens with zero attached hydrogens (tertiary/aromatic N) is 2. The van der Waals surface area contributed by atoms with Crippen molar-refractivity contribution in [2.75, 3.05) is 7.11 Å². The largest absolute Gasteiger partial charge is 0.495 e. The second-order valence-electron chi connectivity index (χ2n) is 2.64. The van der Waals surface area contributed by atoms with E-state index < -0.39 is 0 Å². The molecule has 0 fully saturated rings. The van der Waals surface area contributed by atoms with Crippen LogP contribution in [0.15, 0.2) is 29.0 Å². The average molecular weight is 254 g/mol. The molecule has 0 aliphatic carbocycles. The molecule has 2 aromatic rings. The summed E-state index contributed by atoms with van der Waals surface area (Å²) in [5.74, 6) is 1.37. The van der Waals surface area contributed by atoms with Crippen LogP contribution in [0.5, 0.6) is 5.75 Å². The van der Waals surface area contributed by atoms with Gasteiger partial charge in [0, 0.05) is 0 Å². The molecular weight excluding hydrogens is 246 g/mol. The fourth-order valence-electron chi connectivity index (χ4n) is 1.23. The summed E-state index contributed by atoms with van der Waals surface area (Å²) in [5, 5.41) is 6.67. The molecule has 1 aromatic heterocycles. The van der Waals surface area contributed by atoms with E-state index in [9.17, 15) is 0 Å². The van der Waals surface area contributed by atoms with Crippen LogP contribution in [0.25, 0.3) is 11.4 Å². The van der Waals surface area contributed by atoms with Gasteiger partial charge in [0.15, 0.2) is 5.82 Å². The van der Waals surface area contributed by atoms with Gasteiger partial charge < -0.3 is 4.74 Å². The highest BCUT2D eigenvalue weighted by molar-refractivity contribution is 9.10. The molecule has 0 saturated carbocycles. The molecule has 0 atom stereocenters. The predicted molar refractivity (Wildman–Crippen MR) is 56.1 cm³/mol. The normalized spacial score (nSPS) is 10.1. The third kappa shape index (κ3) is 1.50. The fourth-order valence-corrected chi connectivity index (χ4v) is 1.76. The van der Waals surface area contributed by atoms with Crippen molar-refractivity contribution in [3.63, 3.8) is 0 Å². The maximum atomic E-state index is 5.26. The number of para-hydroxylation sites is 1. The van der Waals surface area contributed by atoms with Crippen LogP contribution in [0, 0.1) is 0 Å². The smallest absolute Gasteiger partial charge is 0.184 e. The van der Waals surface area contributed by atoms with Crippen molar-refractivity contribution >= 4 is 15.9 Å². The van der Waals surface area contributed by atoms with Gasteiger partial charge in [-0.1, -0.05) is 6.07 Å². The van der Waals surface area contributed by atoms with Gasteiger partial charge in [-0.25, -0.2) is 4.98 Å². The summed E-state index contributed by atoms with van der Waals surface area (Å²) in [6, 6.07) is 5.74. The minimum atomic E-state index is 0.628. The Hall–Kier alpha value is -1.36. The first-order chi connectivity index (χ1) is 6.83. The molecule has 14 heavy (non-hydrogen) atoms. The van der Waals surface area contributed by atoms with Crippen LogP contribution >= 0.6 is 15.9 Å². The molecule has 0 unspecified atom stereocenters. The Morgan fingerprint density at radius 3 is 2.93 bits per heavy atom. The van der Waals surface area contributed by atoms with E-state index in [1.807, 2.05) is 18.2 Å². The number of aromatic nitrogens is 3. The first-order valence-corrected chi connectivity index (χ1v) is 4.81. The van der Waals surface area contributed by atoms with Crippen molar-refractivity contribution in [3.05, 3.63) is 29.0 Å². The van der Waals surface area contributed by atoms with Gasteiger partial charge >= 0.3 is 0 Å². The van der Waals surface area contributed by atoms with Gasteiger partial charge in [-0.15, -0.1) is 0 Å². The van der Waals surface area contributed by atoms with Crippen molar-refractivity contribution in [1.29, 1.82) is 0 Å². The summed E-state index contributed by atoms with van der Waals surface area (Å²) >= 11 is 3.40. The van der Waals surface area contributed by atoms with E-state index in [-0.39, 0.29) is 0 Å². The molecule has 1 N–H and O–H groups in total. The van der Waals surface area contributed by atoms with Gasteiger partial charge in [-0.2, -0.15) is 5.10 Å². The summed E-state index contributed by atoms with van der Waals surface area (Å²) < 4.78 is 6.15. The first kappa shape index (κ1) is 9.21. The molecule has 2 rings (SSSR count). The molecular formula is C9H8BrN3O. The zero-order valence-electron chi connectivity index (χ0n) is 7.49. The third-order valence-electron chi connectivity index (χ3n) is 1.83. The van der Waals surface area contributed by atoms with Crippen molar-refractivity contribution in [2.24, 2.45) is 0 Å². The lowest BCUT2D eigenvalue weighted by molar-refractivity contribution is 0.413. The SMILES string of the molecule is COc1c(Br)cccc1-c1nc[nH]n1. The number of methoxy groups -OCH3 is 1. The zero-order valence-corrected chi connectivity index (χ0v) is 9.08. The number of hydrogen-bond donors (Lipinski definition) is 1. The molecule has 0 saturated heterocycles. The van der Waals surface area contributed by atoms with Gasteiger partial charge in [-0.3, -0.25) is 5.10 Å². The van der Waals surface area contributed by atoms with Gasteiger partial charge in [0.1, 0.15) is 12.1 Å². The highest BCUT2D eigenvalue weighted by atomic mass is 79.9. The molecule has 4 nitrogen and oxygen atoms in total. The summed E-state index contributed by atoms with van der Waals surface area (Å²) in [7, 11) is 1.62. The van der Waals surface area contributed by atoms with Crippen LogP contribution in [0.4, 0.5) is 0 Å². The second-order valence-corrected chi connectivity index (χ2v) is 3.50. The van der Waals surface area contributed by atoms with E-state index in [1.54, 1.807) is 7.11 Å². The Balaban J connectivity index is 2.58. The second kappa shape index (κ2) is 3.79. The number of aromatic amines is 1. The Morgan fingerprint density at radius 2 is 2.29 bits per heavy atom. The molecule has 72 valence electrons. The lowest BCUT2D eigenvalue weighted by atomic mass is 10.2. The molecule has 5 heteroatoms. The number of nitrogens with one attached hydrogen (secondary N) is 1. The van der Waals surface area contributed by atoms with Gasteiger partial charge in [0.2, 0.25) is 0 Å². The van der Waals surface area contributed by atoms with E-state index in [0.29, 0.717) is 5.82 Å². The molecule has 1 heterocycles. The standard InChI is InChI=1S/C9H8BrN3O/c1-14-8-6(3-2-4-7(8)10)9-11-5-12-13-9/h2-5H,1H3,(H,11,12,13). The number of benzene rings is 1. The van der Waals surface area contributed by atoms with Crippen molar-refractivity contribution in [1.82, 2.24) is 15.2 Å². The fraction of sp³-hybridized carbons (Fsp3) is 0.111. The predicted octanol–water partition coefficient (Wildman–Crippen LogP) is 2.24. The average Bonchev–Trinajstić information content (AvgIpc) is 2.70. The Labute approximate surface area is 89.5 Å². The third-order valence-corrected chi connectivity index (χ3v) is 2.45. The summed E-state index contributed by atoms with van der Waals surface area (Å²) in [4.78, 5) is 4.07. The van der Waals surface area contributed by atoms with Crippen molar-refractivity contribution in [3.8, 4) is 17.1 Å². The maximum Gasteiger partial charge on any atom is 0.184 e. The molecule has 0 bridgehead atoms. The van der Waals surface area contributed by atoms with E-state index in [0.717, 1.165) is 15.8 Å². The van der Waals surface area contributed by atoms with Crippen LogP contribution < -0.4 is 4.74 Å². The van der Waals surface area contributed by atoms with Crippen LogP contribution in [-0.4, -0.2) is 22.3 Å². The molecule has 0 spiro atoms. The molecule has 0 amide bonds. The van der Waals surface area contributed by atoms with E-state index in [1.165, 1.54) is 6.33 Å². The number of rotatable bonds is 2. The number of ether oxygens (including phenoxy) is 1. The van der Waals surface area contributed by atoms with Crippen molar-refractivity contribution < 1.29 is 4.74 Å². The Kier molecular flexibility index (Phi) is 2.49. The molecule has 0 aliphatic heterocycles. The zero-order chi connectivity index (χ0) is 9.97. The van der Waals surface area contributed by atoms with Crippen molar-refractivity contribution in [2.45, 2.75) is 0 Å². The first-order valence-electron chi connectivity index (χ1n) is 4.01. The summed E-state index contributed by atoms with van der Waals surface area (Å²) in [5.41, 5.74) is 0.864. The number of H-pyrrole nitrogens is 1. The van der Waals surface area contributed by atoms with Crippen LogP contribution in [-0.2, 0) is 0 Å². The maximum absolute atomic E-state index is 5.26.